The van der Waals surface area contributed by atoms with Gasteiger partial charge in [-0.1, -0.05) is 26.0 Å². The third kappa shape index (κ3) is 3.40. The zero-order chi connectivity index (χ0) is 13.8. The predicted octanol–water partition coefficient (Wildman–Crippen LogP) is 2.15. The van der Waals surface area contributed by atoms with Crippen LogP contribution in [0.25, 0.3) is 0 Å². The lowest BCUT2D eigenvalue weighted by atomic mass is 9.95. The molecule has 1 aromatic rings. The molecule has 1 saturated heterocycles. The van der Waals surface area contributed by atoms with Gasteiger partial charge in [-0.15, -0.1) is 0 Å². The van der Waals surface area contributed by atoms with E-state index >= 15 is 0 Å². The van der Waals surface area contributed by atoms with E-state index in [2.05, 4.69) is 13.8 Å². The van der Waals surface area contributed by atoms with Gasteiger partial charge in [-0.2, -0.15) is 0 Å². The molecule has 1 unspecified atom stereocenters. The van der Waals surface area contributed by atoms with Gasteiger partial charge in [-0.05, 0) is 24.0 Å². The maximum atomic E-state index is 11.8. The molecule has 1 aliphatic heterocycles. The van der Waals surface area contributed by atoms with E-state index in [0.29, 0.717) is 42.8 Å². The molecule has 0 bridgehead atoms. The maximum absolute atomic E-state index is 11.8. The van der Waals surface area contributed by atoms with Crippen LogP contribution in [-0.4, -0.2) is 30.5 Å². The van der Waals surface area contributed by atoms with E-state index in [1.54, 1.807) is 0 Å². The van der Waals surface area contributed by atoms with E-state index in [1.807, 2.05) is 29.2 Å². The molecule has 1 aliphatic rings. The van der Waals surface area contributed by atoms with Gasteiger partial charge in [0.2, 0.25) is 5.91 Å². The first-order chi connectivity index (χ1) is 9.08. The Morgan fingerprint density at radius 2 is 2.16 bits per heavy atom. The number of hydrogen-bond donors (Lipinski definition) is 1. The summed E-state index contributed by atoms with van der Waals surface area (Å²) in [6.07, 6.45) is 0.672. The van der Waals surface area contributed by atoms with Crippen LogP contribution in [0.3, 0.4) is 0 Å². The zero-order valence-electron chi connectivity index (χ0n) is 11.6. The largest absolute Gasteiger partial charge is 0.490 e. The smallest absolute Gasteiger partial charge is 0.223 e. The first-order valence-electron chi connectivity index (χ1n) is 6.83. The predicted molar refractivity (Wildman–Crippen MR) is 75.9 cm³/mol. The number of rotatable bonds is 5. The number of ether oxygens (including phenoxy) is 1. The van der Waals surface area contributed by atoms with Gasteiger partial charge in [-0.3, -0.25) is 4.79 Å². The van der Waals surface area contributed by atoms with Gasteiger partial charge in [0, 0.05) is 13.0 Å². The van der Waals surface area contributed by atoms with Gasteiger partial charge in [0.25, 0.3) is 0 Å². The van der Waals surface area contributed by atoms with Crippen molar-refractivity contribution in [3.05, 3.63) is 24.3 Å². The highest BCUT2D eigenvalue weighted by Crippen LogP contribution is 2.25. The molecule has 4 nitrogen and oxygen atoms in total. The van der Waals surface area contributed by atoms with Crippen molar-refractivity contribution in [2.24, 2.45) is 11.8 Å². The number of carbonyl (C=O) groups is 1. The van der Waals surface area contributed by atoms with Gasteiger partial charge in [0.05, 0.1) is 12.2 Å². The third-order valence-corrected chi connectivity index (χ3v) is 3.73. The molecule has 1 aromatic carbocycles. The van der Waals surface area contributed by atoms with E-state index in [-0.39, 0.29) is 5.91 Å². The summed E-state index contributed by atoms with van der Waals surface area (Å²) in [6.45, 7) is 6.32. The molecule has 4 heteroatoms. The normalized spacial score (nSPS) is 19.2. The standard InChI is InChI=1S/C15H22N2O2/c1-11(2)12-9-15(18)17(10-12)7-8-19-14-6-4-3-5-13(14)16/h3-6,11-12H,7-10,16H2,1-2H3. The minimum Gasteiger partial charge on any atom is -0.490 e. The number of nitrogens with two attached hydrogens (primary N) is 1. The summed E-state index contributed by atoms with van der Waals surface area (Å²) in [5.74, 6) is 1.96. The minimum atomic E-state index is 0.239. The lowest BCUT2D eigenvalue weighted by Crippen LogP contribution is -2.30. The minimum absolute atomic E-state index is 0.239. The van der Waals surface area contributed by atoms with Gasteiger partial charge in [0.1, 0.15) is 12.4 Å². The van der Waals surface area contributed by atoms with Crippen LogP contribution in [0.5, 0.6) is 5.75 Å². The average Bonchev–Trinajstić information content (AvgIpc) is 2.74. The summed E-state index contributed by atoms with van der Waals surface area (Å²) >= 11 is 0. The Balaban J connectivity index is 1.80. The summed E-state index contributed by atoms with van der Waals surface area (Å²) in [6, 6.07) is 7.42. The van der Waals surface area contributed by atoms with Crippen LogP contribution in [0, 0.1) is 11.8 Å². The monoisotopic (exact) mass is 262 g/mol. The Labute approximate surface area is 114 Å². The fourth-order valence-electron chi connectivity index (χ4n) is 2.34. The Hall–Kier alpha value is -1.71. The van der Waals surface area contributed by atoms with Crippen LogP contribution in [0.4, 0.5) is 5.69 Å². The topological polar surface area (TPSA) is 55.6 Å². The van der Waals surface area contributed by atoms with Crippen LogP contribution in [0.2, 0.25) is 0 Å². The average molecular weight is 262 g/mol. The third-order valence-electron chi connectivity index (χ3n) is 3.73. The quantitative estimate of drug-likeness (QED) is 0.827. The zero-order valence-corrected chi connectivity index (χ0v) is 11.6. The number of carbonyl (C=O) groups excluding carboxylic acids is 1. The molecule has 0 aromatic heterocycles. The van der Waals surface area contributed by atoms with Crippen molar-refractivity contribution < 1.29 is 9.53 Å². The summed E-state index contributed by atoms with van der Waals surface area (Å²) in [5.41, 5.74) is 6.43. The van der Waals surface area contributed by atoms with Crippen molar-refractivity contribution in [2.45, 2.75) is 20.3 Å². The SMILES string of the molecule is CC(C)C1CC(=O)N(CCOc2ccccc2N)C1. The Morgan fingerprint density at radius 1 is 1.42 bits per heavy atom. The van der Waals surface area contributed by atoms with Crippen molar-refractivity contribution in [3.63, 3.8) is 0 Å². The molecular weight excluding hydrogens is 240 g/mol. The molecule has 2 N–H and O–H groups in total. The number of nitrogen functional groups attached to an aromatic ring is 1. The van der Waals surface area contributed by atoms with Crippen LogP contribution in [0.15, 0.2) is 24.3 Å². The lowest BCUT2D eigenvalue weighted by molar-refractivity contribution is -0.128. The molecule has 0 aliphatic carbocycles. The number of likely N-dealkylation sites (tertiary alicyclic amines) is 1. The van der Waals surface area contributed by atoms with Gasteiger partial charge in [-0.25, -0.2) is 0 Å². The summed E-state index contributed by atoms with van der Waals surface area (Å²) in [4.78, 5) is 13.7. The number of para-hydroxylation sites is 2. The number of nitrogens with zero attached hydrogens (tertiary/aromatic N) is 1. The van der Waals surface area contributed by atoms with Crippen LogP contribution in [-0.2, 0) is 4.79 Å². The summed E-state index contributed by atoms with van der Waals surface area (Å²) in [5, 5.41) is 0. The molecule has 19 heavy (non-hydrogen) atoms. The highest BCUT2D eigenvalue weighted by Gasteiger charge is 2.30. The highest BCUT2D eigenvalue weighted by molar-refractivity contribution is 5.78. The fraction of sp³-hybridized carbons (Fsp3) is 0.533. The number of anilines is 1. The Kier molecular flexibility index (Phi) is 4.30. The number of benzene rings is 1. The van der Waals surface area contributed by atoms with E-state index in [1.165, 1.54) is 0 Å². The van der Waals surface area contributed by atoms with Gasteiger partial charge in [0.15, 0.2) is 0 Å². The van der Waals surface area contributed by atoms with Crippen LogP contribution < -0.4 is 10.5 Å². The van der Waals surface area contributed by atoms with E-state index < -0.39 is 0 Å². The first-order valence-corrected chi connectivity index (χ1v) is 6.83. The second-order valence-electron chi connectivity index (χ2n) is 5.43. The lowest BCUT2D eigenvalue weighted by Gasteiger charge is -2.18. The highest BCUT2D eigenvalue weighted by atomic mass is 16.5. The number of hydrogen-bond acceptors (Lipinski definition) is 3. The fourth-order valence-corrected chi connectivity index (χ4v) is 2.34. The molecule has 0 radical (unpaired) electrons. The molecule has 1 fully saturated rings. The summed E-state index contributed by atoms with van der Waals surface area (Å²) in [7, 11) is 0. The maximum Gasteiger partial charge on any atom is 0.223 e. The van der Waals surface area contributed by atoms with Gasteiger partial charge >= 0.3 is 0 Å². The second kappa shape index (κ2) is 5.95. The Bertz CT molecular complexity index is 446. The molecule has 104 valence electrons. The second-order valence-corrected chi connectivity index (χ2v) is 5.43. The molecule has 0 saturated carbocycles. The van der Waals surface area contributed by atoms with E-state index in [0.717, 1.165) is 6.54 Å². The molecule has 1 heterocycles. The van der Waals surface area contributed by atoms with E-state index in [9.17, 15) is 4.79 Å². The number of amides is 1. The summed E-state index contributed by atoms with van der Waals surface area (Å²) < 4.78 is 5.62. The molecule has 0 spiro atoms. The molecule has 1 atom stereocenters. The molecule has 2 rings (SSSR count). The van der Waals surface area contributed by atoms with Crippen molar-refractivity contribution in [3.8, 4) is 5.75 Å². The van der Waals surface area contributed by atoms with Gasteiger partial charge < -0.3 is 15.4 Å². The van der Waals surface area contributed by atoms with E-state index in [4.69, 9.17) is 10.5 Å². The molecule has 1 amide bonds. The van der Waals surface area contributed by atoms with Crippen molar-refractivity contribution in [2.75, 3.05) is 25.4 Å². The first kappa shape index (κ1) is 13.7. The van der Waals surface area contributed by atoms with Crippen molar-refractivity contribution in [1.82, 2.24) is 4.90 Å². The van der Waals surface area contributed by atoms with Crippen LogP contribution in [0.1, 0.15) is 20.3 Å². The molecular formula is C15H22N2O2. The van der Waals surface area contributed by atoms with Crippen LogP contribution >= 0.6 is 0 Å². The van der Waals surface area contributed by atoms with Crippen molar-refractivity contribution >= 4 is 11.6 Å². The Morgan fingerprint density at radius 3 is 2.79 bits per heavy atom. The van der Waals surface area contributed by atoms with Crippen molar-refractivity contribution in [1.29, 1.82) is 0 Å².